The van der Waals surface area contributed by atoms with Crippen molar-refractivity contribution in [2.75, 3.05) is 5.73 Å². The van der Waals surface area contributed by atoms with E-state index in [1.54, 1.807) is 18.2 Å². The molecule has 0 unspecified atom stereocenters. The molecular formula is C14H8ClF3N2O. The van der Waals surface area contributed by atoms with E-state index >= 15 is 0 Å². The van der Waals surface area contributed by atoms with Crippen LogP contribution in [-0.2, 0) is 6.18 Å². The molecule has 3 nitrogen and oxygen atoms in total. The number of halogens is 4. The van der Waals surface area contributed by atoms with Gasteiger partial charge in [0.1, 0.15) is 5.52 Å². The maximum atomic E-state index is 12.8. The third-order valence-corrected chi connectivity index (χ3v) is 3.11. The van der Waals surface area contributed by atoms with Crippen LogP contribution in [0.5, 0.6) is 0 Å². The van der Waals surface area contributed by atoms with E-state index < -0.39 is 11.7 Å². The Kier molecular flexibility index (Phi) is 3.06. The third kappa shape index (κ3) is 2.67. The first kappa shape index (κ1) is 13.8. The number of nitrogens with two attached hydrogens (primary N) is 1. The molecule has 0 spiro atoms. The van der Waals surface area contributed by atoms with Crippen molar-refractivity contribution in [3.8, 4) is 11.5 Å². The topological polar surface area (TPSA) is 52.0 Å². The lowest BCUT2D eigenvalue weighted by Crippen LogP contribution is -2.06. The van der Waals surface area contributed by atoms with Gasteiger partial charge in [-0.1, -0.05) is 11.6 Å². The van der Waals surface area contributed by atoms with Crippen LogP contribution in [0, 0.1) is 0 Å². The molecule has 0 aliphatic carbocycles. The lowest BCUT2D eigenvalue weighted by molar-refractivity contribution is -0.137. The van der Waals surface area contributed by atoms with E-state index in [1.807, 2.05) is 0 Å². The Balaban J connectivity index is 2.16. The lowest BCUT2D eigenvalue weighted by atomic mass is 10.1. The van der Waals surface area contributed by atoms with E-state index in [-0.39, 0.29) is 17.1 Å². The van der Waals surface area contributed by atoms with Crippen molar-refractivity contribution in [3.63, 3.8) is 0 Å². The molecule has 0 fully saturated rings. The van der Waals surface area contributed by atoms with E-state index in [0.717, 1.165) is 12.1 Å². The first-order chi connectivity index (χ1) is 9.83. The van der Waals surface area contributed by atoms with Crippen LogP contribution < -0.4 is 5.73 Å². The second kappa shape index (κ2) is 4.66. The molecule has 7 heteroatoms. The zero-order valence-corrected chi connectivity index (χ0v) is 11.2. The molecule has 1 heterocycles. The predicted molar refractivity (Wildman–Crippen MR) is 73.9 cm³/mol. The van der Waals surface area contributed by atoms with E-state index in [2.05, 4.69) is 4.98 Å². The van der Waals surface area contributed by atoms with Crippen LogP contribution >= 0.6 is 11.6 Å². The SMILES string of the molecule is Nc1cc(-c2nc3cc(Cl)ccc3o2)cc(C(F)(F)F)c1. The summed E-state index contributed by atoms with van der Waals surface area (Å²) in [6, 6.07) is 7.97. The molecule has 2 N–H and O–H groups in total. The molecule has 3 rings (SSSR count). The average molecular weight is 313 g/mol. The van der Waals surface area contributed by atoms with Crippen molar-refractivity contribution in [1.29, 1.82) is 0 Å². The number of alkyl halides is 3. The van der Waals surface area contributed by atoms with Gasteiger partial charge < -0.3 is 10.2 Å². The monoisotopic (exact) mass is 312 g/mol. The molecule has 0 aliphatic rings. The van der Waals surface area contributed by atoms with Crippen molar-refractivity contribution in [2.45, 2.75) is 6.18 Å². The van der Waals surface area contributed by atoms with Gasteiger partial charge in [0.2, 0.25) is 5.89 Å². The molecule has 2 aromatic carbocycles. The second-order valence-electron chi connectivity index (χ2n) is 4.47. The number of rotatable bonds is 1. The van der Waals surface area contributed by atoms with Crippen molar-refractivity contribution in [2.24, 2.45) is 0 Å². The Morgan fingerprint density at radius 3 is 2.57 bits per heavy atom. The Morgan fingerprint density at radius 1 is 1.10 bits per heavy atom. The lowest BCUT2D eigenvalue weighted by Gasteiger charge is -2.08. The molecule has 0 amide bonds. The molecule has 0 bridgehead atoms. The number of nitrogens with zero attached hydrogens (tertiary/aromatic N) is 1. The Hall–Kier alpha value is -2.21. The molecule has 0 radical (unpaired) electrons. The maximum absolute atomic E-state index is 12.8. The molecule has 0 saturated heterocycles. The average Bonchev–Trinajstić information content (AvgIpc) is 2.80. The number of anilines is 1. The Morgan fingerprint density at radius 2 is 1.86 bits per heavy atom. The highest BCUT2D eigenvalue weighted by Crippen LogP contribution is 2.35. The van der Waals surface area contributed by atoms with Crippen LogP contribution in [0.4, 0.5) is 18.9 Å². The molecule has 0 atom stereocenters. The van der Waals surface area contributed by atoms with Gasteiger partial charge in [-0.15, -0.1) is 0 Å². The smallest absolute Gasteiger partial charge is 0.416 e. The van der Waals surface area contributed by atoms with Crippen molar-refractivity contribution >= 4 is 28.4 Å². The first-order valence-electron chi connectivity index (χ1n) is 5.87. The maximum Gasteiger partial charge on any atom is 0.416 e. The van der Waals surface area contributed by atoms with Gasteiger partial charge in [0.15, 0.2) is 5.58 Å². The summed E-state index contributed by atoms with van der Waals surface area (Å²) in [6.07, 6.45) is -4.49. The summed E-state index contributed by atoms with van der Waals surface area (Å²) in [5.41, 5.74) is 5.72. The summed E-state index contributed by atoms with van der Waals surface area (Å²) in [5.74, 6) is 0.0602. The molecule has 0 aliphatic heterocycles. The first-order valence-corrected chi connectivity index (χ1v) is 6.25. The summed E-state index contributed by atoms with van der Waals surface area (Å²) in [5, 5.41) is 0.464. The third-order valence-electron chi connectivity index (χ3n) is 2.88. The van der Waals surface area contributed by atoms with Gasteiger partial charge in [-0.05, 0) is 36.4 Å². The number of aromatic nitrogens is 1. The fourth-order valence-electron chi connectivity index (χ4n) is 1.96. The minimum absolute atomic E-state index is 0.0138. The number of hydrogen-bond donors (Lipinski definition) is 1. The number of oxazole rings is 1. The highest BCUT2D eigenvalue weighted by atomic mass is 35.5. The molecule has 0 saturated carbocycles. The van der Waals surface area contributed by atoms with E-state index in [1.165, 1.54) is 6.07 Å². The number of hydrogen-bond acceptors (Lipinski definition) is 3. The molecule has 108 valence electrons. The largest absolute Gasteiger partial charge is 0.436 e. The van der Waals surface area contributed by atoms with Crippen LogP contribution in [-0.4, -0.2) is 4.98 Å². The normalized spacial score (nSPS) is 12.0. The fourth-order valence-corrected chi connectivity index (χ4v) is 2.13. The van der Waals surface area contributed by atoms with Gasteiger partial charge in [-0.2, -0.15) is 13.2 Å². The van der Waals surface area contributed by atoms with Gasteiger partial charge in [-0.3, -0.25) is 0 Å². The number of benzene rings is 2. The molecule has 3 aromatic rings. The molecular weight excluding hydrogens is 305 g/mol. The van der Waals surface area contributed by atoms with Crippen LogP contribution in [0.25, 0.3) is 22.6 Å². The van der Waals surface area contributed by atoms with E-state index in [9.17, 15) is 13.2 Å². The zero-order chi connectivity index (χ0) is 15.2. The Bertz CT molecular complexity index is 827. The van der Waals surface area contributed by atoms with Crippen molar-refractivity contribution in [1.82, 2.24) is 4.98 Å². The zero-order valence-electron chi connectivity index (χ0n) is 10.4. The summed E-state index contributed by atoms with van der Waals surface area (Å²) >= 11 is 5.83. The summed E-state index contributed by atoms with van der Waals surface area (Å²) < 4.78 is 43.8. The summed E-state index contributed by atoms with van der Waals surface area (Å²) in [7, 11) is 0. The van der Waals surface area contributed by atoms with Crippen molar-refractivity contribution in [3.05, 3.63) is 47.0 Å². The minimum Gasteiger partial charge on any atom is -0.436 e. The summed E-state index contributed by atoms with van der Waals surface area (Å²) in [4.78, 5) is 4.13. The summed E-state index contributed by atoms with van der Waals surface area (Å²) in [6.45, 7) is 0. The number of nitrogen functional groups attached to an aromatic ring is 1. The van der Waals surface area contributed by atoms with Gasteiger partial charge >= 0.3 is 6.18 Å². The second-order valence-corrected chi connectivity index (χ2v) is 4.91. The quantitative estimate of drug-likeness (QED) is 0.660. The predicted octanol–water partition coefficient (Wildman–Crippen LogP) is 4.75. The van der Waals surface area contributed by atoms with Gasteiger partial charge in [0.25, 0.3) is 0 Å². The fraction of sp³-hybridized carbons (Fsp3) is 0.0714. The van der Waals surface area contributed by atoms with Gasteiger partial charge in [0, 0.05) is 16.3 Å². The van der Waals surface area contributed by atoms with Crippen LogP contribution in [0.1, 0.15) is 5.56 Å². The molecule has 1 aromatic heterocycles. The Labute approximate surface area is 122 Å². The number of fused-ring (bicyclic) bond motifs is 1. The standard InChI is InChI=1S/C14H8ClF3N2O/c15-9-1-2-12-11(6-9)20-13(21-12)7-3-8(14(16,17)18)5-10(19)4-7/h1-6H,19H2. The van der Waals surface area contributed by atoms with E-state index in [4.69, 9.17) is 21.8 Å². The van der Waals surface area contributed by atoms with Crippen LogP contribution in [0.15, 0.2) is 40.8 Å². The van der Waals surface area contributed by atoms with Crippen LogP contribution in [0.3, 0.4) is 0 Å². The highest BCUT2D eigenvalue weighted by molar-refractivity contribution is 6.31. The van der Waals surface area contributed by atoms with Crippen LogP contribution in [0.2, 0.25) is 5.02 Å². The van der Waals surface area contributed by atoms with Gasteiger partial charge in [0.05, 0.1) is 5.56 Å². The molecule has 21 heavy (non-hydrogen) atoms. The van der Waals surface area contributed by atoms with Gasteiger partial charge in [-0.25, -0.2) is 4.98 Å². The van der Waals surface area contributed by atoms with E-state index in [0.29, 0.717) is 16.1 Å². The van der Waals surface area contributed by atoms with Crippen molar-refractivity contribution < 1.29 is 17.6 Å². The minimum atomic E-state index is -4.49. The highest BCUT2D eigenvalue weighted by Gasteiger charge is 2.31.